The highest BCUT2D eigenvalue weighted by Gasteiger charge is 2.30. The first kappa shape index (κ1) is 25.1. The number of fused-ring (bicyclic) bond motifs is 1. The van der Waals surface area contributed by atoms with Crippen molar-refractivity contribution >= 4 is 29.0 Å². The Morgan fingerprint density at radius 3 is 2.68 bits per heavy atom. The number of hydrogen-bond donors (Lipinski definition) is 1. The number of hydrogen-bond acceptors (Lipinski definition) is 8. The highest BCUT2D eigenvalue weighted by molar-refractivity contribution is 6.08. The maximum Gasteiger partial charge on any atom is 0.308 e. The topological polar surface area (TPSA) is 116 Å². The number of rotatable bonds is 7. The molecule has 37 heavy (non-hydrogen) atoms. The standard InChI is InChI=1S/C24H29F2N7O4/c1-2-37-24(35)15-3-5-16(6-4-15)33-14-18(20(30-33)21(25)26)28-23(34)17-13-27-32-8-7-19(29-22(17)32)31-9-11-36-12-10-31/h7-8,13-16,21H,2-6,9-12H2,1H3,(H,28,34). The van der Waals surface area contributed by atoms with E-state index >= 15 is 0 Å². The predicted molar refractivity (Wildman–Crippen MR) is 129 cm³/mol. The summed E-state index contributed by atoms with van der Waals surface area (Å²) in [6, 6.07) is 1.66. The fourth-order valence-electron chi connectivity index (χ4n) is 4.86. The van der Waals surface area contributed by atoms with Crippen LogP contribution in [0.1, 0.15) is 61.1 Å². The second-order valence-electron chi connectivity index (χ2n) is 9.13. The molecule has 1 amide bonds. The molecule has 0 bridgehead atoms. The van der Waals surface area contributed by atoms with Crippen LogP contribution in [0, 0.1) is 5.92 Å². The Labute approximate surface area is 211 Å². The number of nitrogens with one attached hydrogen (secondary N) is 1. The minimum Gasteiger partial charge on any atom is -0.466 e. The largest absolute Gasteiger partial charge is 0.466 e. The fraction of sp³-hybridized carbons (Fsp3) is 0.542. The van der Waals surface area contributed by atoms with Crippen LogP contribution in [-0.4, -0.2) is 69.2 Å². The van der Waals surface area contributed by atoms with Gasteiger partial charge in [-0.05, 0) is 38.7 Å². The number of carbonyl (C=O) groups excluding carboxylic acids is 2. The fourth-order valence-corrected chi connectivity index (χ4v) is 4.86. The van der Waals surface area contributed by atoms with Crippen LogP contribution in [-0.2, 0) is 14.3 Å². The van der Waals surface area contributed by atoms with E-state index in [1.807, 2.05) is 11.0 Å². The minimum atomic E-state index is -2.87. The van der Waals surface area contributed by atoms with Crippen molar-refractivity contribution in [1.29, 1.82) is 0 Å². The summed E-state index contributed by atoms with van der Waals surface area (Å²) >= 11 is 0. The number of aromatic nitrogens is 5. The number of halogens is 2. The van der Waals surface area contributed by atoms with Crippen molar-refractivity contribution in [2.75, 3.05) is 43.1 Å². The van der Waals surface area contributed by atoms with Crippen LogP contribution in [0.5, 0.6) is 0 Å². The molecule has 0 unspecified atom stereocenters. The average molecular weight is 518 g/mol. The summed E-state index contributed by atoms with van der Waals surface area (Å²) in [7, 11) is 0. The molecular weight excluding hydrogens is 488 g/mol. The SMILES string of the molecule is CCOC(=O)C1CCC(n2cc(NC(=O)c3cnn4ccc(N5CCOCC5)nc34)c(C(F)F)n2)CC1. The molecular formula is C24H29F2N7O4. The molecule has 0 radical (unpaired) electrons. The van der Waals surface area contributed by atoms with Crippen molar-refractivity contribution in [2.24, 2.45) is 5.92 Å². The van der Waals surface area contributed by atoms with Crippen molar-refractivity contribution in [3.63, 3.8) is 0 Å². The number of esters is 1. The molecule has 198 valence electrons. The van der Waals surface area contributed by atoms with Gasteiger partial charge < -0.3 is 19.7 Å². The van der Waals surface area contributed by atoms with Crippen LogP contribution in [0.15, 0.2) is 24.7 Å². The summed E-state index contributed by atoms with van der Waals surface area (Å²) in [4.78, 5) is 31.8. The van der Waals surface area contributed by atoms with Gasteiger partial charge in [0.2, 0.25) is 0 Å². The first-order valence-electron chi connectivity index (χ1n) is 12.5. The Morgan fingerprint density at radius 1 is 1.22 bits per heavy atom. The second-order valence-corrected chi connectivity index (χ2v) is 9.13. The van der Waals surface area contributed by atoms with E-state index in [0.717, 1.165) is 0 Å². The molecule has 1 aliphatic carbocycles. The first-order chi connectivity index (χ1) is 17.9. The molecule has 3 aromatic heterocycles. The Hall–Kier alpha value is -3.61. The molecule has 11 nitrogen and oxygen atoms in total. The molecule has 5 rings (SSSR count). The van der Waals surface area contributed by atoms with E-state index in [1.54, 1.807) is 13.1 Å². The second kappa shape index (κ2) is 10.8. The van der Waals surface area contributed by atoms with E-state index in [1.165, 1.54) is 21.6 Å². The minimum absolute atomic E-state index is 0.0591. The van der Waals surface area contributed by atoms with Gasteiger partial charge >= 0.3 is 5.97 Å². The van der Waals surface area contributed by atoms with E-state index in [-0.39, 0.29) is 29.2 Å². The Balaban J connectivity index is 1.33. The van der Waals surface area contributed by atoms with E-state index in [2.05, 4.69) is 20.5 Å². The number of nitrogens with zero attached hydrogens (tertiary/aromatic N) is 6. The molecule has 2 aliphatic rings. The Bertz CT molecular complexity index is 1260. The molecule has 1 N–H and O–H groups in total. The quantitative estimate of drug-likeness (QED) is 0.475. The molecule has 3 aromatic rings. The van der Waals surface area contributed by atoms with E-state index in [4.69, 9.17) is 9.47 Å². The van der Waals surface area contributed by atoms with Gasteiger partial charge in [0.15, 0.2) is 11.3 Å². The third-order valence-corrected chi connectivity index (χ3v) is 6.84. The van der Waals surface area contributed by atoms with Gasteiger partial charge in [-0.15, -0.1) is 0 Å². The number of morpholine rings is 1. The number of anilines is 2. The average Bonchev–Trinajstić information content (AvgIpc) is 3.53. The van der Waals surface area contributed by atoms with Crippen LogP contribution in [0.25, 0.3) is 5.65 Å². The summed E-state index contributed by atoms with van der Waals surface area (Å²) in [5.74, 6) is -0.327. The molecule has 0 aromatic carbocycles. The van der Waals surface area contributed by atoms with Gasteiger partial charge in [-0.2, -0.15) is 10.2 Å². The third kappa shape index (κ3) is 5.26. The molecule has 2 fully saturated rings. The zero-order chi connectivity index (χ0) is 25.9. The molecule has 0 atom stereocenters. The lowest BCUT2D eigenvalue weighted by molar-refractivity contribution is -0.149. The van der Waals surface area contributed by atoms with Crippen molar-refractivity contribution in [1.82, 2.24) is 24.4 Å². The van der Waals surface area contributed by atoms with Gasteiger partial charge in [-0.1, -0.05) is 0 Å². The molecule has 1 saturated heterocycles. The summed E-state index contributed by atoms with van der Waals surface area (Å²) in [5, 5.41) is 10.9. The van der Waals surface area contributed by atoms with Gasteiger partial charge in [0, 0.05) is 25.5 Å². The van der Waals surface area contributed by atoms with Gasteiger partial charge in [-0.25, -0.2) is 18.3 Å². The summed E-state index contributed by atoms with van der Waals surface area (Å²) < 4.78 is 41.1. The van der Waals surface area contributed by atoms with Crippen LogP contribution in [0.3, 0.4) is 0 Å². The van der Waals surface area contributed by atoms with E-state index in [9.17, 15) is 18.4 Å². The zero-order valence-corrected chi connectivity index (χ0v) is 20.5. The third-order valence-electron chi connectivity index (χ3n) is 6.84. The number of amides is 1. The zero-order valence-electron chi connectivity index (χ0n) is 20.5. The monoisotopic (exact) mass is 517 g/mol. The normalized spacial score (nSPS) is 20.4. The van der Waals surface area contributed by atoms with Crippen molar-refractivity contribution in [3.05, 3.63) is 35.9 Å². The Morgan fingerprint density at radius 2 is 1.97 bits per heavy atom. The van der Waals surface area contributed by atoms with Gasteiger partial charge in [0.1, 0.15) is 11.4 Å². The summed E-state index contributed by atoms with van der Waals surface area (Å²) in [6.45, 7) is 4.63. The van der Waals surface area contributed by atoms with Crippen molar-refractivity contribution in [2.45, 2.75) is 45.1 Å². The van der Waals surface area contributed by atoms with Crippen LogP contribution in [0.4, 0.5) is 20.3 Å². The first-order valence-corrected chi connectivity index (χ1v) is 12.5. The lowest BCUT2D eigenvalue weighted by atomic mass is 9.86. The highest BCUT2D eigenvalue weighted by Crippen LogP contribution is 2.35. The highest BCUT2D eigenvalue weighted by atomic mass is 19.3. The van der Waals surface area contributed by atoms with Gasteiger partial charge in [-0.3, -0.25) is 14.3 Å². The number of carbonyl (C=O) groups is 2. The van der Waals surface area contributed by atoms with Crippen LogP contribution < -0.4 is 10.2 Å². The number of ether oxygens (including phenoxy) is 2. The summed E-state index contributed by atoms with van der Waals surface area (Å²) in [6.07, 6.45) is 4.02. The molecule has 1 aliphatic heterocycles. The number of alkyl halides is 2. The van der Waals surface area contributed by atoms with Gasteiger partial charge in [0.05, 0.1) is 43.7 Å². The lowest BCUT2D eigenvalue weighted by Crippen LogP contribution is -2.36. The molecule has 1 saturated carbocycles. The molecule has 13 heteroatoms. The van der Waals surface area contributed by atoms with Crippen molar-refractivity contribution in [3.8, 4) is 0 Å². The Kier molecular flexibility index (Phi) is 7.31. The molecule has 0 spiro atoms. The smallest absolute Gasteiger partial charge is 0.308 e. The van der Waals surface area contributed by atoms with Crippen LogP contribution >= 0.6 is 0 Å². The predicted octanol–water partition coefficient (Wildman–Crippen LogP) is 3.25. The maximum absolute atomic E-state index is 13.8. The summed E-state index contributed by atoms with van der Waals surface area (Å²) in [5.41, 5.74) is -0.0710. The maximum atomic E-state index is 13.8. The van der Waals surface area contributed by atoms with E-state index in [0.29, 0.717) is 70.1 Å². The van der Waals surface area contributed by atoms with Crippen molar-refractivity contribution < 1.29 is 27.8 Å². The molecule has 4 heterocycles. The lowest BCUT2D eigenvalue weighted by Gasteiger charge is -2.27. The van der Waals surface area contributed by atoms with Gasteiger partial charge in [0.25, 0.3) is 12.3 Å². The van der Waals surface area contributed by atoms with E-state index < -0.39 is 18.0 Å². The van der Waals surface area contributed by atoms with Crippen LogP contribution in [0.2, 0.25) is 0 Å².